The maximum absolute atomic E-state index is 13.3. The molecule has 1 unspecified atom stereocenters. The lowest BCUT2D eigenvalue weighted by Gasteiger charge is -2.27. The minimum absolute atomic E-state index is 0.343. The van der Waals surface area contributed by atoms with Crippen molar-refractivity contribution in [2.45, 2.75) is 50.3 Å². The molecule has 2 aromatic heterocycles. The molecule has 2 saturated heterocycles. The summed E-state index contributed by atoms with van der Waals surface area (Å²) < 4.78 is 33.5. The smallest absolute Gasteiger partial charge is 0.164 e. The van der Waals surface area contributed by atoms with Gasteiger partial charge in [-0.05, 0) is 37.6 Å². The molecule has 5 rings (SSSR count). The Morgan fingerprint density at radius 3 is 2.62 bits per heavy atom. The molecule has 0 saturated carbocycles. The predicted octanol–water partition coefficient (Wildman–Crippen LogP) is 3.37. The first-order valence-corrected chi connectivity index (χ1v) is 9.63. The summed E-state index contributed by atoms with van der Waals surface area (Å²) in [5.74, 6) is -1.21. The number of nitrogens with zero attached hydrogens (tertiary/aromatic N) is 3. The van der Waals surface area contributed by atoms with Crippen LogP contribution in [0.5, 0.6) is 0 Å². The maximum Gasteiger partial charge on any atom is 0.164 e. The van der Waals surface area contributed by atoms with Crippen LogP contribution in [0.2, 0.25) is 5.15 Å². The van der Waals surface area contributed by atoms with Crippen LogP contribution in [0.4, 0.5) is 4.39 Å². The molecule has 1 N–H and O–H groups in total. The average Bonchev–Trinajstić information content (AvgIpc) is 3.33. The standard InChI is InChI=1S/C20H19ClFN3O4/c1-20(2)28-15-14(13(26)10-3-5-11(22)6-4-10)27-19(16(15)29-20)25-8-7-12-17(21)23-9-24-18(12)25/h3-9,13-16,19,26H,1-2H3/t13?,14-,15-,16-,19-/m1/s1. The zero-order valence-electron chi connectivity index (χ0n) is 15.7. The third-order valence-electron chi connectivity index (χ3n) is 5.32. The van der Waals surface area contributed by atoms with E-state index in [0.29, 0.717) is 21.7 Å². The first kappa shape index (κ1) is 18.9. The Labute approximate surface area is 171 Å². The molecule has 0 aliphatic carbocycles. The van der Waals surface area contributed by atoms with Crippen LogP contribution in [0, 0.1) is 5.82 Å². The Kier molecular flexibility index (Phi) is 4.38. The van der Waals surface area contributed by atoms with E-state index < -0.39 is 36.4 Å². The Morgan fingerprint density at radius 2 is 1.86 bits per heavy atom. The van der Waals surface area contributed by atoms with E-state index in [2.05, 4.69) is 9.97 Å². The van der Waals surface area contributed by atoms with E-state index in [9.17, 15) is 9.50 Å². The summed E-state index contributed by atoms with van der Waals surface area (Å²) >= 11 is 6.17. The van der Waals surface area contributed by atoms with Crippen molar-refractivity contribution >= 4 is 22.6 Å². The van der Waals surface area contributed by atoms with Gasteiger partial charge in [-0.25, -0.2) is 14.4 Å². The molecule has 3 aromatic rings. The molecule has 2 fully saturated rings. The van der Waals surface area contributed by atoms with Crippen LogP contribution >= 0.6 is 11.6 Å². The van der Waals surface area contributed by atoms with Gasteiger partial charge in [0.15, 0.2) is 12.0 Å². The molecule has 5 atom stereocenters. The summed E-state index contributed by atoms with van der Waals surface area (Å²) in [6.45, 7) is 3.63. The van der Waals surface area contributed by atoms with Gasteiger partial charge in [0, 0.05) is 6.20 Å². The van der Waals surface area contributed by atoms with Gasteiger partial charge in [0.2, 0.25) is 0 Å². The van der Waals surface area contributed by atoms with Crippen LogP contribution in [0.1, 0.15) is 31.7 Å². The normalized spacial score (nSPS) is 29.3. The second-order valence-corrected chi connectivity index (χ2v) is 8.04. The molecule has 0 radical (unpaired) electrons. The number of aliphatic hydroxyl groups excluding tert-OH is 1. The van der Waals surface area contributed by atoms with Crippen molar-refractivity contribution in [2.24, 2.45) is 0 Å². The SMILES string of the molecule is CC1(C)O[C@@H]2[C@H](O1)[C@@H](C(O)c1ccc(F)cc1)O[C@H]2n1ccc2c(Cl)ncnc21. The van der Waals surface area contributed by atoms with E-state index >= 15 is 0 Å². The fraction of sp³-hybridized carbons (Fsp3) is 0.400. The van der Waals surface area contributed by atoms with Crippen molar-refractivity contribution in [3.63, 3.8) is 0 Å². The summed E-state index contributed by atoms with van der Waals surface area (Å²) in [5.41, 5.74) is 1.13. The Balaban J connectivity index is 1.53. The number of fused-ring (bicyclic) bond motifs is 2. The molecule has 7 nitrogen and oxygen atoms in total. The van der Waals surface area contributed by atoms with Crippen LogP contribution < -0.4 is 0 Å². The number of hydrogen-bond acceptors (Lipinski definition) is 6. The van der Waals surface area contributed by atoms with Crippen LogP contribution in [-0.4, -0.2) is 43.7 Å². The maximum atomic E-state index is 13.3. The molecular formula is C20H19ClFN3O4. The van der Waals surface area contributed by atoms with Gasteiger partial charge in [0.05, 0.1) is 5.39 Å². The minimum Gasteiger partial charge on any atom is -0.386 e. The van der Waals surface area contributed by atoms with Gasteiger partial charge in [-0.2, -0.15) is 0 Å². The van der Waals surface area contributed by atoms with E-state index in [1.807, 2.05) is 18.4 Å². The van der Waals surface area contributed by atoms with Crippen LogP contribution in [-0.2, 0) is 14.2 Å². The van der Waals surface area contributed by atoms with Crippen molar-refractivity contribution in [3.8, 4) is 0 Å². The quantitative estimate of drug-likeness (QED) is 0.656. The highest BCUT2D eigenvalue weighted by Crippen LogP contribution is 2.47. The highest BCUT2D eigenvalue weighted by Gasteiger charge is 2.58. The highest BCUT2D eigenvalue weighted by molar-refractivity contribution is 6.33. The van der Waals surface area contributed by atoms with Crippen LogP contribution in [0.15, 0.2) is 42.9 Å². The Bertz CT molecular complexity index is 1060. The first-order valence-electron chi connectivity index (χ1n) is 9.26. The first-order chi connectivity index (χ1) is 13.8. The van der Waals surface area contributed by atoms with Gasteiger partial charge < -0.3 is 23.9 Å². The molecule has 2 aliphatic rings. The fourth-order valence-electron chi connectivity index (χ4n) is 4.08. The number of halogens is 2. The van der Waals surface area contributed by atoms with E-state index in [0.717, 1.165) is 0 Å². The third kappa shape index (κ3) is 3.12. The molecule has 0 spiro atoms. The van der Waals surface area contributed by atoms with Gasteiger partial charge >= 0.3 is 0 Å². The topological polar surface area (TPSA) is 78.6 Å². The third-order valence-corrected chi connectivity index (χ3v) is 5.62. The summed E-state index contributed by atoms with van der Waals surface area (Å²) in [6.07, 6.45) is -0.148. The molecular weight excluding hydrogens is 401 g/mol. The van der Waals surface area contributed by atoms with Gasteiger partial charge in [-0.3, -0.25) is 0 Å². The zero-order chi connectivity index (χ0) is 20.3. The number of rotatable bonds is 3. The van der Waals surface area contributed by atoms with Gasteiger partial charge in [-0.1, -0.05) is 23.7 Å². The second kappa shape index (κ2) is 6.72. The van der Waals surface area contributed by atoms with E-state index in [1.165, 1.54) is 30.6 Å². The monoisotopic (exact) mass is 419 g/mol. The fourth-order valence-corrected chi connectivity index (χ4v) is 4.27. The number of ether oxygens (including phenoxy) is 3. The summed E-state index contributed by atoms with van der Waals surface area (Å²) in [5, 5.41) is 12.0. The van der Waals surface area contributed by atoms with Gasteiger partial charge in [-0.15, -0.1) is 0 Å². The van der Waals surface area contributed by atoms with Gasteiger partial charge in [0.25, 0.3) is 0 Å². The van der Waals surface area contributed by atoms with Gasteiger partial charge in [0.1, 0.15) is 47.4 Å². The summed E-state index contributed by atoms with van der Waals surface area (Å²) in [4.78, 5) is 8.32. The van der Waals surface area contributed by atoms with Crippen molar-refractivity contribution in [1.82, 2.24) is 14.5 Å². The summed E-state index contributed by atoms with van der Waals surface area (Å²) in [7, 11) is 0. The number of hydrogen-bond donors (Lipinski definition) is 1. The summed E-state index contributed by atoms with van der Waals surface area (Å²) in [6, 6.07) is 7.48. The average molecular weight is 420 g/mol. The van der Waals surface area contributed by atoms with E-state index in [-0.39, 0.29) is 5.82 Å². The molecule has 1 aromatic carbocycles. The molecule has 9 heteroatoms. The predicted molar refractivity (Wildman–Crippen MR) is 102 cm³/mol. The number of aliphatic hydroxyl groups is 1. The van der Waals surface area contributed by atoms with Crippen LogP contribution in [0.25, 0.3) is 11.0 Å². The molecule has 4 heterocycles. The lowest BCUT2D eigenvalue weighted by molar-refractivity contribution is -0.207. The zero-order valence-corrected chi connectivity index (χ0v) is 16.5. The van der Waals surface area contributed by atoms with E-state index in [1.54, 1.807) is 12.3 Å². The molecule has 29 heavy (non-hydrogen) atoms. The van der Waals surface area contributed by atoms with Crippen molar-refractivity contribution in [1.29, 1.82) is 0 Å². The van der Waals surface area contributed by atoms with Crippen molar-refractivity contribution < 1.29 is 23.7 Å². The molecule has 152 valence electrons. The number of aromatic nitrogens is 3. The Morgan fingerprint density at radius 1 is 1.14 bits per heavy atom. The van der Waals surface area contributed by atoms with E-state index in [4.69, 9.17) is 25.8 Å². The Hall–Kier alpha value is -2.10. The minimum atomic E-state index is -1.02. The van der Waals surface area contributed by atoms with Crippen LogP contribution in [0.3, 0.4) is 0 Å². The molecule has 0 bridgehead atoms. The van der Waals surface area contributed by atoms with Crippen molar-refractivity contribution in [2.75, 3.05) is 0 Å². The number of benzene rings is 1. The second-order valence-electron chi connectivity index (χ2n) is 7.68. The largest absolute Gasteiger partial charge is 0.386 e. The lowest BCUT2D eigenvalue weighted by Crippen LogP contribution is -2.34. The highest BCUT2D eigenvalue weighted by atomic mass is 35.5. The molecule has 0 amide bonds. The molecule has 2 aliphatic heterocycles. The lowest BCUT2D eigenvalue weighted by atomic mass is 9.99. The van der Waals surface area contributed by atoms with Crippen molar-refractivity contribution in [3.05, 3.63) is 59.4 Å².